The molecule has 0 spiro atoms. The van der Waals surface area contributed by atoms with E-state index in [1.54, 1.807) is 0 Å². The number of ether oxygens (including phenoxy) is 2. The molecule has 0 radical (unpaired) electrons. The third-order valence-electron chi connectivity index (χ3n) is 6.21. The van der Waals surface area contributed by atoms with Crippen LogP contribution in [0.15, 0.2) is 0 Å². The summed E-state index contributed by atoms with van der Waals surface area (Å²) in [4.78, 5) is 25.5. The lowest BCUT2D eigenvalue weighted by Crippen LogP contribution is -2.43. The van der Waals surface area contributed by atoms with Gasteiger partial charge in [0.1, 0.15) is 6.10 Å². The Morgan fingerprint density at radius 1 is 0.815 bits per heavy atom. The van der Waals surface area contributed by atoms with Crippen LogP contribution in [-0.2, 0) is 19.1 Å². The van der Waals surface area contributed by atoms with E-state index in [1.165, 1.54) is 32.1 Å². The molecule has 1 saturated carbocycles. The summed E-state index contributed by atoms with van der Waals surface area (Å²) in [5.74, 6) is -0.0710. The van der Waals surface area contributed by atoms with Crippen molar-refractivity contribution in [3.05, 3.63) is 0 Å². The molecule has 0 N–H and O–H groups in total. The van der Waals surface area contributed by atoms with Gasteiger partial charge in [-0.15, -0.1) is 0 Å². The van der Waals surface area contributed by atoms with Crippen molar-refractivity contribution in [1.82, 2.24) is 0 Å². The molecular formula is C23H42O4. The van der Waals surface area contributed by atoms with Gasteiger partial charge in [0.05, 0.1) is 6.61 Å². The minimum absolute atomic E-state index is 0.0397. The van der Waals surface area contributed by atoms with Crippen molar-refractivity contribution in [3.63, 3.8) is 0 Å². The smallest absolute Gasteiger partial charge is 0.323 e. The first-order valence-electron chi connectivity index (χ1n) is 11.4. The van der Waals surface area contributed by atoms with Gasteiger partial charge in [-0.05, 0) is 50.9 Å². The summed E-state index contributed by atoms with van der Waals surface area (Å²) in [6, 6.07) is 0. The molecule has 0 saturated heterocycles. The summed E-state index contributed by atoms with van der Waals surface area (Å²) < 4.78 is 11.3. The Balaban J connectivity index is 2.42. The van der Waals surface area contributed by atoms with Gasteiger partial charge in [0, 0.05) is 0 Å². The standard InChI is InChI=1S/C23H42O4/c1-5-8-9-10-11-12-13-18-26-21(24)23(6-2,7-3)22(25)27-20-16-14-19(4)15-17-20/h19-20H,5-18H2,1-4H3. The molecule has 0 atom stereocenters. The van der Waals surface area contributed by atoms with Crippen LogP contribution in [0.5, 0.6) is 0 Å². The molecule has 0 aromatic rings. The van der Waals surface area contributed by atoms with Crippen molar-refractivity contribution in [1.29, 1.82) is 0 Å². The fourth-order valence-corrected chi connectivity index (χ4v) is 3.88. The first kappa shape index (κ1) is 24.0. The van der Waals surface area contributed by atoms with Crippen LogP contribution >= 0.6 is 0 Å². The van der Waals surface area contributed by atoms with Gasteiger partial charge in [0.2, 0.25) is 0 Å². The molecule has 27 heavy (non-hydrogen) atoms. The molecule has 0 aromatic heterocycles. The van der Waals surface area contributed by atoms with E-state index >= 15 is 0 Å². The lowest BCUT2D eigenvalue weighted by Gasteiger charge is -2.32. The molecule has 0 aliphatic heterocycles. The number of unbranched alkanes of at least 4 members (excludes halogenated alkanes) is 6. The largest absolute Gasteiger partial charge is 0.465 e. The third kappa shape index (κ3) is 7.83. The Morgan fingerprint density at radius 2 is 1.37 bits per heavy atom. The summed E-state index contributed by atoms with van der Waals surface area (Å²) in [5, 5.41) is 0. The van der Waals surface area contributed by atoms with E-state index in [0.717, 1.165) is 38.5 Å². The van der Waals surface area contributed by atoms with Crippen LogP contribution in [-0.4, -0.2) is 24.6 Å². The fraction of sp³-hybridized carbons (Fsp3) is 0.913. The zero-order valence-corrected chi connectivity index (χ0v) is 18.2. The van der Waals surface area contributed by atoms with Crippen molar-refractivity contribution in [2.45, 2.75) is 117 Å². The van der Waals surface area contributed by atoms with E-state index in [0.29, 0.717) is 25.4 Å². The second kappa shape index (κ2) is 13.2. The van der Waals surface area contributed by atoms with Gasteiger partial charge in [-0.3, -0.25) is 9.59 Å². The summed E-state index contributed by atoms with van der Waals surface area (Å²) in [6.45, 7) is 8.61. The van der Waals surface area contributed by atoms with Crippen molar-refractivity contribution >= 4 is 11.9 Å². The molecule has 4 nitrogen and oxygen atoms in total. The minimum Gasteiger partial charge on any atom is -0.465 e. The van der Waals surface area contributed by atoms with Gasteiger partial charge in [0.15, 0.2) is 5.41 Å². The quantitative estimate of drug-likeness (QED) is 0.216. The van der Waals surface area contributed by atoms with E-state index in [2.05, 4.69) is 13.8 Å². The van der Waals surface area contributed by atoms with Crippen LogP contribution in [0.1, 0.15) is 111 Å². The van der Waals surface area contributed by atoms with E-state index < -0.39 is 11.4 Å². The number of hydrogen-bond acceptors (Lipinski definition) is 4. The van der Waals surface area contributed by atoms with E-state index in [9.17, 15) is 9.59 Å². The molecule has 1 aliphatic carbocycles. The SMILES string of the molecule is CCCCCCCCCOC(=O)C(CC)(CC)C(=O)OC1CCC(C)CC1. The second-order valence-electron chi connectivity index (χ2n) is 8.33. The highest BCUT2D eigenvalue weighted by Gasteiger charge is 2.46. The first-order valence-corrected chi connectivity index (χ1v) is 11.4. The van der Waals surface area contributed by atoms with Crippen molar-refractivity contribution < 1.29 is 19.1 Å². The minimum atomic E-state index is -1.13. The van der Waals surface area contributed by atoms with Gasteiger partial charge in [-0.2, -0.15) is 0 Å². The maximum absolute atomic E-state index is 12.8. The van der Waals surface area contributed by atoms with Crippen LogP contribution in [0, 0.1) is 11.3 Å². The zero-order chi connectivity index (χ0) is 20.1. The monoisotopic (exact) mass is 382 g/mol. The third-order valence-corrected chi connectivity index (χ3v) is 6.21. The lowest BCUT2D eigenvalue weighted by molar-refractivity contribution is -0.177. The summed E-state index contributed by atoms with van der Waals surface area (Å²) in [5.41, 5.74) is -1.13. The molecule has 4 heteroatoms. The second-order valence-corrected chi connectivity index (χ2v) is 8.33. The Hall–Kier alpha value is -1.06. The number of rotatable bonds is 13. The fourth-order valence-electron chi connectivity index (χ4n) is 3.88. The lowest BCUT2D eigenvalue weighted by atomic mass is 9.82. The number of hydrogen-bond donors (Lipinski definition) is 0. The molecule has 0 unspecified atom stereocenters. The Morgan fingerprint density at radius 3 is 1.93 bits per heavy atom. The maximum atomic E-state index is 12.8. The molecule has 0 heterocycles. The zero-order valence-electron chi connectivity index (χ0n) is 18.2. The van der Waals surface area contributed by atoms with Crippen LogP contribution in [0.4, 0.5) is 0 Å². The molecule has 0 aromatic carbocycles. The number of carbonyl (C=O) groups is 2. The average molecular weight is 383 g/mol. The molecule has 1 rings (SSSR count). The molecule has 0 amide bonds. The molecule has 1 aliphatic rings. The summed E-state index contributed by atoms with van der Waals surface area (Å²) in [7, 11) is 0. The Kier molecular flexibility index (Phi) is 11.7. The molecular weight excluding hydrogens is 340 g/mol. The van der Waals surface area contributed by atoms with Crippen LogP contribution in [0.2, 0.25) is 0 Å². The molecule has 0 bridgehead atoms. The average Bonchev–Trinajstić information content (AvgIpc) is 2.67. The van der Waals surface area contributed by atoms with Gasteiger partial charge in [-0.1, -0.05) is 66.2 Å². The number of carbonyl (C=O) groups excluding carboxylic acids is 2. The molecule has 158 valence electrons. The highest BCUT2D eigenvalue weighted by atomic mass is 16.6. The van der Waals surface area contributed by atoms with E-state index in [1.807, 2.05) is 13.8 Å². The van der Waals surface area contributed by atoms with Gasteiger partial charge in [0.25, 0.3) is 0 Å². The van der Waals surface area contributed by atoms with Gasteiger partial charge in [-0.25, -0.2) is 0 Å². The van der Waals surface area contributed by atoms with Crippen LogP contribution in [0.25, 0.3) is 0 Å². The van der Waals surface area contributed by atoms with Crippen molar-refractivity contribution in [2.24, 2.45) is 11.3 Å². The predicted octanol–water partition coefficient (Wildman–Crippen LogP) is 6.21. The Labute approximate surface area is 166 Å². The number of esters is 2. The van der Waals surface area contributed by atoms with E-state index in [-0.39, 0.29) is 12.1 Å². The van der Waals surface area contributed by atoms with E-state index in [4.69, 9.17) is 9.47 Å². The summed E-state index contributed by atoms with van der Waals surface area (Å²) >= 11 is 0. The maximum Gasteiger partial charge on any atom is 0.323 e. The summed E-state index contributed by atoms with van der Waals surface area (Å²) in [6.07, 6.45) is 13.0. The predicted molar refractivity (Wildman–Crippen MR) is 109 cm³/mol. The van der Waals surface area contributed by atoms with Gasteiger partial charge < -0.3 is 9.47 Å². The normalized spacial score (nSPS) is 20.3. The first-order chi connectivity index (χ1) is 13.0. The molecule has 1 fully saturated rings. The Bertz CT molecular complexity index is 420. The highest BCUT2D eigenvalue weighted by molar-refractivity contribution is 6.00. The van der Waals surface area contributed by atoms with Crippen LogP contribution < -0.4 is 0 Å². The topological polar surface area (TPSA) is 52.6 Å². The van der Waals surface area contributed by atoms with Crippen LogP contribution in [0.3, 0.4) is 0 Å². The van der Waals surface area contributed by atoms with Crippen molar-refractivity contribution in [2.75, 3.05) is 6.61 Å². The van der Waals surface area contributed by atoms with Crippen molar-refractivity contribution in [3.8, 4) is 0 Å². The highest BCUT2D eigenvalue weighted by Crippen LogP contribution is 2.33. The van der Waals surface area contributed by atoms with Gasteiger partial charge >= 0.3 is 11.9 Å².